The first-order valence-electron chi connectivity index (χ1n) is 6.65. The van der Waals surface area contributed by atoms with Crippen LogP contribution in [0.25, 0.3) is 10.9 Å². The van der Waals surface area contributed by atoms with E-state index in [2.05, 4.69) is 10.3 Å². The molecule has 0 radical (unpaired) electrons. The summed E-state index contributed by atoms with van der Waals surface area (Å²) < 4.78 is 5.10. The van der Waals surface area contributed by atoms with Crippen LogP contribution in [0.15, 0.2) is 29.2 Å². The molecule has 106 valence electrons. The predicted octanol–water partition coefficient (Wildman–Crippen LogP) is 2.07. The lowest BCUT2D eigenvalue weighted by molar-refractivity contribution is 0.0952. The van der Waals surface area contributed by atoms with E-state index in [4.69, 9.17) is 4.74 Å². The van der Waals surface area contributed by atoms with Gasteiger partial charge in [-0.15, -0.1) is 0 Å². The van der Waals surface area contributed by atoms with Gasteiger partial charge in [-0.25, -0.2) is 0 Å². The van der Waals surface area contributed by atoms with Crippen LogP contribution in [0.4, 0.5) is 0 Å². The van der Waals surface area contributed by atoms with Gasteiger partial charge >= 0.3 is 0 Å². The quantitative estimate of drug-likeness (QED) is 0.820. The van der Waals surface area contributed by atoms with Gasteiger partial charge in [0.15, 0.2) is 0 Å². The first kappa shape index (κ1) is 14.1. The number of aromatic nitrogens is 1. The van der Waals surface area contributed by atoms with Crippen molar-refractivity contribution in [3.63, 3.8) is 0 Å². The van der Waals surface area contributed by atoms with Crippen LogP contribution in [0, 0.1) is 0 Å². The highest BCUT2D eigenvalue weighted by molar-refractivity contribution is 5.97. The SMILES string of the molecule is CCCCNC(=O)c1c[nH]c2cc(OC)ccc2c1=O. The second kappa shape index (κ2) is 6.23. The molecular weight excluding hydrogens is 256 g/mol. The second-order valence-corrected chi connectivity index (χ2v) is 4.55. The average molecular weight is 274 g/mol. The van der Waals surface area contributed by atoms with Crippen molar-refractivity contribution in [2.75, 3.05) is 13.7 Å². The molecule has 1 aromatic heterocycles. The second-order valence-electron chi connectivity index (χ2n) is 4.55. The highest BCUT2D eigenvalue weighted by Gasteiger charge is 2.12. The summed E-state index contributed by atoms with van der Waals surface area (Å²) in [6.07, 6.45) is 3.34. The van der Waals surface area contributed by atoms with Crippen LogP contribution in [0.5, 0.6) is 5.75 Å². The van der Waals surface area contributed by atoms with Gasteiger partial charge in [0, 0.05) is 24.2 Å². The molecular formula is C15H18N2O3. The molecule has 0 saturated heterocycles. The molecule has 0 fully saturated rings. The van der Waals surface area contributed by atoms with Gasteiger partial charge in [0.1, 0.15) is 11.3 Å². The summed E-state index contributed by atoms with van der Waals surface area (Å²) in [6.45, 7) is 2.62. The van der Waals surface area contributed by atoms with E-state index >= 15 is 0 Å². The third-order valence-corrected chi connectivity index (χ3v) is 3.15. The number of nitrogens with one attached hydrogen (secondary N) is 2. The lowest BCUT2D eigenvalue weighted by Crippen LogP contribution is -2.29. The van der Waals surface area contributed by atoms with Crippen molar-refractivity contribution < 1.29 is 9.53 Å². The molecule has 1 heterocycles. The van der Waals surface area contributed by atoms with Crippen LogP contribution in [0.1, 0.15) is 30.1 Å². The molecule has 2 N–H and O–H groups in total. The molecule has 0 aliphatic rings. The number of rotatable bonds is 5. The van der Waals surface area contributed by atoms with Crippen molar-refractivity contribution in [2.24, 2.45) is 0 Å². The minimum atomic E-state index is -0.336. The number of methoxy groups -OCH3 is 1. The Morgan fingerprint density at radius 3 is 2.90 bits per heavy atom. The molecule has 5 nitrogen and oxygen atoms in total. The van der Waals surface area contributed by atoms with Crippen LogP contribution in [0.3, 0.4) is 0 Å². The van der Waals surface area contributed by atoms with E-state index in [1.807, 2.05) is 6.92 Å². The topological polar surface area (TPSA) is 71.2 Å². The van der Waals surface area contributed by atoms with Gasteiger partial charge in [0.25, 0.3) is 5.91 Å². The maximum absolute atomic E-state index is 12.3. The fraction of sp³-hybridized carbons (Fsp3) is 0.333. The number of H-pyrrole nitrogens is 1. The number of unbranched alkanes of at least 4 members (excludes halogenated alkanes) is 1. The molecule has 0 unspecified atom stereocenters. The number of aromatic amines is 1. The Balaban J connectivity index is 2.34. The lowest BCUT2D eigenvalue weighted by Gasteiger charge is -2.06. The smallest absolute Gasteiger partial charge is 0.256 e. The summed E-state index contributed by atoms with van der Waals surface area (Å²) in [6, 6.07) is 5.10. The fourth-order valence-electron chi connectivity index (χ4n) is 1.97. The van der Waals surface area contributed by atoms with E-state index < -0.39 is 0 Å². The van der Waals surface area contributed by atoms with Crippen LogP contribution < -0.4 is 15.5 Å². The number of fused-ring (bicyclic) bond motifs is 1. The van der Waals surface area contributed by atoms with Crippen molar-refractivity contribution in [3.05, 3.63) is 40.2 Å². The van der Waals surface area contributed by atoms with Crippen LogP contribution in [0.2, 0.25) is 0 Å². The van der Waals surface area contributed by atoms with Crippen LogP contribution >= 0.6 is 0 Å². The Bertz CT molecular complexity index is 676. The minimum Gasteiger partial charge on any atom is -0.497 e. The Labute approximate surface area is 117 Å². The van der Waals surface area contributed by atoms with Crippen LogP contribution in [-0.2, 0) is 0 Å². The molecule has 5 heteroatoms. The van der Waals surface area contributed by atoms with Gasteiger partial charge in [-0.05, 0) is 18.6 Å². The number of hydrogen-bond donors (Lipinski definition) is 2. The molecule has 0 bridgehead atoms. The molecule has 0 saturated carbocycles. The first-order valence-corrected chi connectivity index (χ1v) is 6.65. The van der Waals surface area contributed by atoms with Crippen molar-refractivity contribution in [1.82, 2.24) is 10.3 Å². The van der Waals surface area contributed by atoms with Gasteiger partial charge in [0.05, 0.1) is 12.6 Å². The van der Waals surface area contributed by atoms with Gasteiger partial charge in [-0.2, -0.15) is 0 Å². The summed E-state index contributed by atoms with van der Waals surface area (Å²) in [7, 11) is 1.56. The minimum absolute atomic E-state index is 0.138. The number of ether oxygens (including phenoxy) is 1. The molecule has 0 spiro atoms. The zero-order valence-corrected chi connectivity index (χ0v) is 11.7. The normalized spacial score (nSPS) is 10.5. The van der Waals surface area contributed by atoms with E-state index in [0.29, 0.717) is 23.2 Å². The van der Waals surface area contributed by atoms with Gasteiger partial charge in [0.2, 0.25) is 5.43 Å². The Kier molecular flexibility index (Phi) is 4.40. The summed E-state index contributed by atoms with van der Waals surface area (Å²) in [5.74, 6) is 0.325. The average Bonchev–Trinajstić information content (AvgIpc) is 2.47. The Morgan fingerprint density at radius 2 is 2.20 bits per heavy atom. The molecule has 2 rings (SSSR count). The molecule has 1 aromatic carbocycles. The number of carbonyl (C=O) groups is 1. The number of hydrogen-bond acceptors (Lipinski definition) is 3. The van der Waals surface area contributed by atoms with Crippen molar-refractivity contribution in [3.8, 4) is 5.75 Å². The van der Waals surface area contributed by atoms with Crippen LogP contribution in [-0.4, -0.2) is 24.5 Å². The maximum atomic E-state index is 12.3. The summed E-state index contributed by atoms with van der Waals surface area (Å²) >= 11 is 0. The first-order chi connectivity index (χ1) is 9.67. The molecule has 20 heavy (non-hydrogen) atoms. The van der Waals surface area contributed by atoms with Gasteiger partial charge in [-0.1, -0.05) is 13.3 Å². The zero-order chi connectivity index (χ0) is 14.5. The number of carbonyl (C=O) groups excluding carboxylic acids is 1. The summed E-state index contributed by atoms with van der Waals surface area (Å²) in [5.41, 5.74) is 0.522. The third kappa shape index (κ3) is 2.82. The summed E-state index contributed by atoms with van der Waals surface area (Å²) in [5, 5.41) is 3.22. The summed E-state index contributed by atoms with van der Waals surface area (Å²) in [4.78, 5) is 27.2. The molecule has 0 aliphatic heterocycles. The van der Waals surface area contributed by atoms with E-state index in [1.54, 1.807) is 25.3 Å². The monoisotopic (exact) mass is 274 g/mol. The standard InChI is InChI=1S/C15H18N2O3/c1-3-4-7-16-15(19)12-9-17-13-8-10(20-2)5-6-11(13)14(12)18/h5-6,8-9H,3-4,7H2,1-2H3,(H,16,19)(H,17,18). The number of pyridine rings is 1. The Morgan fingerprint density at radius 1 is 1.40 bits per heavy atom. The van der Waals surface area contributed by atoms with Gasteiger partial charge < -0.3 is 15.0 Å². The predicted molar refractivity (Wildman–Crippen MR) is 78.4 cm³/mol. The van der Waals surface area contributed by atoms with E-state index in [-0.39, 0.29) is 16.9 Å². The molecule has 0 aliphatic carbocycles. The van der Waals surface area contributed by atoms with E-state index in [1.165, 1.54) is 6.20 Å². The van der Waals surface area contributed by atoms with Crippen molar-refractivity contribution >= 4 is 16.8 Å². The van der Waals surface area contributed by atoms with Gasteiger partial charge in [-0.3, -0.25) is 9.59 Å². The highest BCUT2D eigenvalue weighted by Crippen LogP contribution is 2.16. The molecule has 2 aromatic rings. The number of benzene rings is 1. The number of amides is 1. The van der Waals surface area contributed by atoms with Crippen molar-refractivity contribution in [1.29, 1.82) is 0 Å². The lowest BCUT2D eigenvalue weighted by atomic mass is 10.1. The van der Waals surface area contributed by atoms with E-state index in [0.717, 1.165) is 12.8 Å². The van der Waals surface area contributed by atoms with Crippen molar-refractivity contribution in [2.45, 2.75) is 19.8 Å². The highest BCUT2D eigenvalue weighted by atomic mass is 16.5. The fourth-order valence-corrected chi connectivity index (χ4v) is 1.97. The molecule has 0 atom stereocenters. The maximum Gasteiger partial charge on any atom is 0.256 e. The van der Waals surface area contributed by atoms with E-state index in [9.17, 15) is 9.59 Å². The third-order valence-electron chi connectivity index (χ3n) is 3.15. The zero-order valence-electron chi connectivity index (χ0n) is 11.7. The largest absolute Gasteiger partial charge is 0.497 e. The Hall–Kier alpha value is -2.30. The molecule has 1 amide bonds.